The van der Waals surface area contributed by atoms with Crippen LogP contribution >= 0.6 is 0 Å². The van der Waals surface area contributed by atoms with E-state index in [1.165, 1.54) is 19.2 Å². The number of rotatable bonds is 8. The fourth-order valence-electron chi connectivity index (χ4n) is 3.41. The number of aliphatic hydroxyl groups excluding tert-OH is 1. The summed E-state index contributed by atoms with van der Waals surface area (Å²) in [5.74, 6) is -0.265. The van der Waals surface area contributed by atoms with Crippen molar-refractivity contribution in [1.82, 2.24) is 0 Å². The second-order valence-corrected chi connectivity index (χ2v) is 9.06. The molecule has 3 rings (SSSR count). The van der Waals surface area contributed by atoms with Crippen LogP contribution in [0.1, 0.15) is 18.1 Å². The van der Waals surface area contributed by atoms with Gasteiger partial charge in [0.2, 0.25) is 0 Å². The zero-order chi connectivity index (χ0) is 21.7. The third-order valence-electron chi connectivity index (χ3n) is 5.19. The topological polar surface area (TPSA) is 91.3 Å². The van der Waals surface area contributed by atoms with Gasteiger partial charge in [0.05, 0.1) is 24.2 Å². The van der Waals surface area contributed by atoms with Crippen LogP contribution in [-0.4, -0.2) is 51.8 Å². The molecule has 1 heterocycles. The second-order valence-electron chi connectivity index (χ2n) is 7.44. The normalized spacial score (nSPS) is 27.1. The molecule has 7 nitrogen and oxygen atoms in total. The molecular weight excluding hydrogens is 408 g/mol. The third-order valence-corrected chi connectivity index (χ3v) is 6.48. The number of aryl methyl sites for hydroxylation is 1. The number of hydrogen-bond donors (Lipinski definition) is 1. The summed E-state index contributed by atoms with van der Waals surface area (Å²) in [4.78, 5) is 0.0481. The Bertz CT molecular complexity index is 899. The highest BCUT2D eigenvalue weighted by Gasteiger charge is 2.44. The van der Waals surface area contributed by atoms with Crippen molar-refractivity contribution in [2.24, 2.45) is 5.92 Å². The first-order valence-electron chi connectivity index (χ1n) is 9.80. The summed E-state index contributed by atoms with van der Waals surface area (Å²) in [6.07, 6.45) is -3.28. The molecule has 0 spiro atoms. The van der Waals surface area contributed by atoms with Gasteiger partial charge in [-0.05, 0) is 24.6 Å². The first-order valence-corrected chi connectivity index (χ1v) is 11.2. The van der Waals surface area contributed by atoms with Crippen LogP contribution in [0, 0.1) is 12.8 Å². The molecule has 0 amide bonds. The van der Waals surface area contributed by atoms with Crippen molar-refractivity contribution in [3.8, 4) is 0 Å². The van der Waals surface area contributed by atoms with Gasteiger partial charge in [-0.25, -0.2) is 0 Å². The maximum atomic E-state index is 12.5. The molecule has 0 aromatic heterocycles. The monoisotopic (exact) mass is 436 g/mol. The molecule has 2 aromatic carbocycles. The highest BCUT2D eigenvalue weighted by Crippen LogP contribution is 2.30. The molecule has 0 bridgehead atoms. The minimum absolute atomic E-state index is 0.0481. The van der Waals surface area contributed by atoms with Crippen LogP contribution in [0.2, 0.25) is 0 Å². The lowest BCUT2D eigenvalue weighted by atomic mass is 9.92. The van der Waals surface area contributed by atoms with Crippen LogP contribution in [0.5, 0.6) is 0 Å². The van der Waals surface area contributed by atoms with Gasteiger partial charge in [0.25, 0.3) is 10.1 Å². The van der Waals surface area contributed by atoms with Gasteiger partial charge in [-0.3, -0.25) is 4.18 Å². The maximum absolute atomic E-state index is 12.5. The van der Waals surface area contributed by atoms with Crippen molar-refractivity contribution < 1.29 is 31.9 Å². The number of benzene rings is 2. The van der Waals surface area contributed by atoms with Gasteiger partial charge in [0.15, 0.2) is 6.29 Å². The standard InChI is InChI=1S/C22H28O7S/c1-15-9-11-18(12-10-15)30(24,25)28-14-19-20(23)21(16(2)22(26-3)29-19)27-13-17-7-5-4-6-8-17/h4-12,16,19-23H,13-14H2,1-3H3/t16-,19+,20+,21-,22-/m0/s1. The Morgan fingerprint density at radius 2 is 1.73 bits per heavy atom. The van der Waals surface area contributed by atoms with E-state index in [4.69, 9.17) is 18.4 Å². The predicted octanol–water partition coefficient (Wildman–Crippen LogP) is 2.65. The smallest absolute Gasteiger partial charge is 0.297 e. The fraction of sp³-hybridized carbons (Fsp3) is 0.455. The predicted molar refractivity (Wildman–Crippen MR) is 110 cm³/mol. The average Bonchev–Trinajstić information content (AvgIpc) is 2.74. The van der Waals surface area contributed by atoms with E-state index >= 15 is 0 Å². The van der Waals surface area contributed by atoms with E-state index in [-0.39, 0.29) is 17.4 Å². The summed E-state index contributed by atoms with van der Waals surface area (Å²) < 4.78 is 47.2. The van der Waals surface area contributed by atoms with Crippen LogP contribution in [-0.2, 0) is 35.1 Å². The zero-order valence-electron chi connectivity index (χ0n) is 17.3. The van der Waals surface area contributed by atoms with Crippen LogP contribution in [0.25, 0.3) is 0 Å². The Morgan fingerprint density at radius 3 is 2.37 bits per heavy atom. The average molecular weight is 437 g/mol. The van der Waals surface area contributed by atoms with E-state index in [0.29, 0.717) is 6.61 Å². The second kappa shape index (κ2) is 10.00. The van der Waals surface area contributed by atoms with E-state index in [0.717, 1.165) is 11.1 Å². The van der Waals surface area contributed by atoms with Crippen molar-refractivity contribution in [2.45, 2.75) is 50.0 Å². The summed E-state index contributed by atoms with van der Waals surface area (Å²) in [5, 5.41) is 10.8. The van der Waals surface area contributed by atoms with E-state index in [9.17, 15) is 13.5 Å². The van der Waals surface area contributed by atoms with Crippen molar-refractivity contribution >= 4 is 10.1 Å². The lowest BCUT2D eigenvalue weighted by Gasteiger charge is -2.42. The molecule has 2 aromatic rings. The van der Waals surface area contributed by atoms with Crippen LogP contribution in [0.4, 0.5) is 0 Å². The number of aliphatic hydroxyl groups is 1. The first-order chi connectivity index (χ1) is 14.3. The highest BCUT2D eigenvalue weighted by molar-refractivity contribution is 7.86. The van der Waals surface area contributed by atoms with E-state index in [1.807, 2.05) is 44.2 Å². The summed E-state index contributed by atoms with van der Waals surface area (Å²) in [6, 6.07) is 15.9. The van der Waals surface area contributed by atoms with Crippen molar-refractivity contribution in [1.29, 1.82) is 0 Å². The van der Waals surface area contributed by atoms with Gasteiger partial charge < -0.3 is 19.3 Å². The molecule has 1 N–H and O–H groups in total. The third kappa shape index (κ3) is 5.46. The lowest BCUT2D eigenvalue weighted by molar-refractivity contribution is -0.282. The van der Waals surface area contributed by atoms with E-state index < -0.39 is 34.7 Å². The molecule has 0 radical (unpaired) electrons. The number of ether oxygens (including phenoxy) is 3. The number of hydrogen-bond acceptors (Lipinski definition) is 7. The molecule has 0 unspecified atom stereocenters. The van der Waals surface area contributed by atoms with Crippen LogP contribution in [0.3, 0.4) is 0 Å². The summed E-state index contributed by atoms with van der Waals surface area (Å²) in [6.45, 7) is 3.67. The maximum Gasteiger partial charge on any atom is 0.297 e. The van der Waals surface area contributed by atoms with E-state index in [1.54, 1.807) is 12.1 Å². The van der Waals surface area contributed by atoms with Gasteiger partial charge >= 0.3 is 0 Å². The Morgan fingerprint density at radius 1 is 1.07 bits per heavy atom. The van der Waals surface area contributed by atoms with Crippen molar-refractivity contribution in [3.05, 3.63) is 65.7 Å². The van der Waals surface area contributed by atoms with Gasteiger partial charge in [0, 0.05) is 13.0 Å². The zero-order valence-corrected chi connectivity index (χ0v) is 18.1. The largest absolute Gasteiger partial charge is 0.388 e. The quantitative estimate of drug-likeness (QED) is 0.636. The first kappa shape index (κ1) is 22.9. The molecule has 0 saturated carbocycles. The highest BCUT2D eigenvalue weighted by atomic mass is 32.2. The molecule has 164 valence electrons. The molecule has 0 aliphatic carbocycles. The van der Waals surface area contributed by atoms with Crippen LogP contribution < -0.4 is 0 Å². The Kier molecular flexibility index (Phi) is 7.62. The number of methoxy groups -OCH3 is 1. The van der Waals surface area contributed by atoms with Gasteiger partial charge in [-0.15, -0.1) is 0 Å². The summed E-state index contributed by atoms with van der Waals surface area (Å²) in [7, 11) is -2.49. The van der Waals surface area contributed by atoms with Crippen molar-refractivity contribution in [2.75, 3.05) is 13.7 Å². The Balaban J connectivity index is 1.68. The molecule has 1 aliphatic rings. The molecule has 1 saturated heterocycles. The van der Waals surface area contributed by atoms with Gasteiger partial charge in [-0.2, -0.15) is 8.42 Å². The minimum Gasteiger partial charge on any atom is -0.388 e. The molecule has 30 heavy (non-hydrogen) atoms. The van der Waals surface area contributed by atoms with Gasteiger partial charge in [0.1, 0.15) is 12.2 Å². The Hall–Kier alpha value is -1.81. The molecule has 8 heteroatoms. The summed E-state index contributed by atoms with van der Waals surface area (Å²) >= 11 is 0. The SMILES string of the molecule is CO[C@H]1O[C@H](COS(=O)(=O)c2ccc(C)cc2)[C@@H](O)[C@@H](OCc2ccccc2)[C@@H]1C. The Labute approximate surface area is 177 Å². The molecule has 5 atom stereocenters. The van der Waals surface area contributed by atoms with E-state index in [2.05, 4.69) is 0 Å². The molecule has 1 aliphatic heterocycles. The van der Waals surface area contributed by atoms with Gasteiger partial charge in [-0.1, -0.05) is 55.0 Å². The lowest BCUT2D eigenvalue weighted by Crippen LogP contribution is -2.56. The minimum atomic E-state index is -3.98. The molecule has 1 fully saturated rings. The molecular formula is C22H28O7S. The fourth-order valence-corrected chi connectivity index (χ4v) is 4.33. The summed E-state index contributed by atoms with van der Waals surface area (Å²) in [5.41, 5.74) is 1.91. The van der Waals surface area contributed by atoms with Crippen molar-refractivity contribution in [3.63, 3.8) is 0 Å². The van der Waals surface area contributed by atoms with Crippen LogP contribution in [0.15, 0.2) is 59.5 Å².